The van der Waals surface area contributed by atoms with Crippen LogP contribution in [0.5, 0.6) is 0 Å². The maximum absolute atomic E-state index is 12.0. The Kier molecular flexibility index (Phi) is 4.17. The second kappa shape index (κ2) is 5.19. The van der Waals surface area contributed by atoms with Crippen LogP contribution >= 0.6 is 11.8 Å². The van der Waals surface area contributed by atoms with Gasteiger partial charge in [0.2, 0.25) is 0 Å². The molecule has 2 aliphatic heterocycles. The first-order valence-electron chi connectivity index (χ1n) is 8.16. The summed E-state index contributed by atoms with van der Waals surface area (Å²) in [6, 6.07) is 0.633. The van der Waals surface area contributed by atoms with Crippen molar-refractivity contribution < 1.29 is 4.79 Å². The van der Waals surface area contributed by atoms with Crippen LogP contribution in [-0.2, 0) is 0 Å². The van der Waals surface area contributed by atoms with E-state index in [1.165, 1.54) is 5.57 Å². The summed E-state index contributed by atoms with van der Waals surface area (Å²) in [5, 5.41) is 3.53. The summed E-state index contributed by atoms with van der Waals surface area (Å²) in [4.78, 5) is 13.9. The standard InChI is InChI=1S/C18H32N2OS/c1-11(16(2,3)4)17(5,6)18(7,8)14-13-12(10-22-14)19-15(21)20(13)9/h12-14H,1,10H2,2-9H3,(H,19,21). The molecule has 4 heteroatoms. The van der Waals surface area contributed by atoms with E-state index < -0.39 is 0 Å². The van der Waals surface area contributed by atoms with Crippen molar-refractivity contribution in [2.75, 3.05) is 12.8 Å². The predicted molar refractivity (Wildman–Crippen MR) is 96.3 cm³/mol. The number of amides is 2. The van der Waals surface area contributed by atoms with E-state index in [1.807, 2.05) is 23.7 Å². The van der Waals surface area contributed by atoms with Gasteiger partial charge in [0.05, 0.1) is 12.1 Å². The molecule has 0 aromatic rings. The minimum atomic E-state index is -0.00964. The Morgan fingerprint density at radius 2 is 1.77 bits per heavy atom. The predicted octanol–water partition coefficient (Wildman–Crippen LogP) is 4.15. The van der Waals surface area contributed by atoms with Gasteiger partial charge in [0, 0.05) is 18.1 Å². The average molecular weight is 325 g/mol. The van der Waals surface area contributed by atoms with Gasteiger partial charge in [0.1, 0.15) is 0 Å². The summed E-state index contributed by atoms with van der Waals surface area (Å²) >= 11 is 2.00. The van der Waals surface area contributed by atoms with E-state index in [0.717, 1.165) is 5.75 Å². The largest absolute Gasteiger partial charge is 0.332 e. The third kappa shape index (κ3) is 2.47. The van der Waals surface area contributed by atoms with Gasteiger partial charge in [0.15, 0.2) is 0 Å². The van der Waals surface area contributed by atoms with Gasteiger partial charge in [-0.2, -0.15) is 11.8 Å². The number of urea groups is 1. The van der Waals surface area contributed by atoms with E-state index >= 15 is 0 Å². The zero-order valence-corrected chi connectivity index (χ0v) is 16.2. The van der Waals surface area contributed by atoms with Gasteiger partial charge in [0.25, 0.3) is 0 Å². The van der Waals surface area contributed by atoms with E-state index in [4.69, 9.17) is 0 Å². The second-order valence-corrected chi connectivity index (χ2v) is 10.2. The molecule has 0 aromatic heterocycles. The first-order valence-corrected chi connectivity index (χ1v) is 9.21. The topological polar surface area (TPSA) is 32.3 Å². The Balaban J connectivity index is 2.34. The van der Waals surface area contributed by atoms with Crippen LogP contribution in [0.15, 0.2) is 12.2 Å². The number of nitrogens with one attached hydrogen (secondary N) is 1. The van der Waals surface area contributed by atoms with Crippen molar-refractivity contribution in [3.8, 4) is 0 Å². The van der Waals surface area contributed by atoms with Crippen LogP contribution in [0.25, 0.3) is 0 Å². The van der Waals surface area contributed by atoms with Crippen molar-refractivity contribution in [3.05, 3.63) is 12.2 Å². The molecule has 2 rings (SSSR count). The van der Waals surface area contributed by atoms with Gasteiger partial charge in [-0.15, -0.1) is 0 Å². The zero-order valence-electron chi connectivity index (χ0n) is 15.4. The summed E-state index contributed by atoms with van der Waals surface area (Å²) in [6.07, 6.45) is 0. The Labute approximate surface area is 140 Å². The van der Waals surface area contributed by atoms with Crippen LogP contribution in [0.2, 0.25) is 0 Å². The Morgan fingerprint density at radius 3 is 2.27 bits per heavy atom. The molecule has 0 bridgehead atoms. The maximum Gasteiger partial charge on any atom is 0.317 e. The molecule has 126 valence electrons. The molecule has 22 heavy (non-hydrogen) atoms. The Morgan fingerprint density at radius 1 is 1.23 bits per heavy atom. The number of rotatable bonds is 3. The van der Waals surface area contributed by atoms with E-state index in [-0.39, 0.29) is 34.4 Å². The number of hydrogen-bond acceptors (Lipinski definition) is 2. The lowest BCUT2D eigenvalue weighted by Gasteiger charge is -2.51. The smallest absolute Gasteiger partial charge is 0.317 e. The molecular weight excluding hydrogens is 292 g/mol. The molecule has 1 N–H and O–H groups in total. The van der Waals surface area contributed by atoms with Crippen molar-refractivity contribution in [2.45, 2.75) is 65.8 Å². The van der Waals surface area contributed by atoms with Gasteiger partial charge < -0.3 is 10.2 Å². The van der Waals surface area contributed by atoms with E-state index in [9.17, 15) is 4.79 Å². The summed E-state index contributed by atoms with van der Waals surface area (Å²) in [5.74, 6) is 1.01. The molecule has 0 spiro atoms. The highest BCUT2D eigenvalue weighted by Gasteiger charge is 2.57. The fourth-order valence-electron chi connectivity index (χ4n) is 3.93. The highest BCUT2D eigenvalue weighted by Crippen LogP contribution is 2.57. The molecule has 3 nitrogen and oxygen atoms in total. The first-order chi connectivity index (χ1) is 9.81. The average Bonchev–Trinajstić information content (AvgIpc) is 2.89. The Hall–Kier alpha value is -0.640. The SMILES string of the molecule is C=C(C(C)(C)C)C(C)(C)C(C)(C)C1SCC2NC(=O)N(C)C21. The molecule has 0 saturated carbocycles. The third-order valence-electron chi connectivity index (χ3n) is 6.24. The normalized spacial score (nSPS) is 29.5. The van der Waals surface area contributed by atoms with Crippen LogP contribution in [0.4, 0.5) is 4.79 Å². The fourth-order valence-corrected chi connectivity index (χ4v) is 5.90. The van der Waals surface area contributed by atoms with Crippen LogP contribution in [0, 0.1) is 16.2 Å². The molecule has 3 atom stereocenters. The van der Waals surface area contributed by atoms with Crippen LogP contribution < -0.4 is 5.32 Å². The van der Waals surface area contributed by atoms with Crippen molar-refractivity contribution in [1.29, 1.82) is 0 Å². The van der Waals surface area contributed by atoms with Gasteiger partial charge in [-0.05, 0) is 16.2 Å². The minimum Gasteiger partial charge on any atom is -0.332 e. The van der Waals surface area contributed by atoms with Crippen molar-refractivity contribution in [1.82, 2.24) is 10.2 Å². The number of hydrogen-bond donors (Lipinski definition) is 1. The number of carbonyl (C=O) groups is 1. The second-order valence-electron chi connectivity index (χ2n) is 8.99. The number of carbonyl (C=O) groups excluding carboxylic acids is 1. The van der Waals surface area contributed by atoms with Crippen molar-refractivity contribution >= 4 is 17.8 Å². The monoisotopic (exact) mass is 324 g/mol. The molecule has 0 aromatic carbocycles. The zero-order chi connectivity index (χ0) is 17.1. The van der Waals surface area contributed by atoms with E-state index in [0.29, 0.717) is 5.25 Å². The summed E-state index contributed by atoms with van der Waals surface area (Å²) in [7, 11) is 1.93. The van der Waals surface area contributed by atoms with Gasteiger partial charge in [-0.25, -0.2) is 4.79 Å². The quantitative estimate of drug-likeness (QED) is 0.625. The molecule has 2 heterocycles. The lowest BCUT2D eigenvalue weighted by atomic mass is 9.56. The number of nitrogens with zero attached hydrogens (tertiary/aromatic N) is 1. The lowest BCUT2D eigenvalue weighted by molar-refractivity contribution is 0.0971. The number of thioether (sulfide) groups is 1. The fraction of sp³-hybridized carbons (Fsp3) is 0.833. The van der Waals surface area contributed by atoms with Gasteiger partial charge >= 0.3 is 6.03 Å². The lowest BCUT2D eigenvalue weighted by Crippen LogP contribution is -2.52. The molecule has 2 saturated heterocycles. The van der Waals surface area contributed by atoms with E-state index in [1.54, 1.807) is 0 Å². The molecule has 0 aliphatic carbocycles. The molecule has 3 unspecified atom stereocenters. The molecule has 0 radical (unpaired) electrons. The van der Waals surface area contributed by atoms with Crippen LogP contribution in [-0.4, -0.2) is 41.1 Å². The molecule has 2 fully saturated rings. The number of likely N-dealkylation sites (N-methyl/N-ethyl adjacent to an activating group) is 1. The van der Waals surface area contributed by atoms with Gasteiger partial charge in [-0.1, -0.05) is 60.6 Å². The molecular formula is C18H32N2OS. The molecule has 2 amide bonds. The van der Waals surface area contributed by atoms with Crippen LogP contribution in [0.3, 0.4) is 0 Å². The first kappa shape index (κ1) is 17.7. The minimum absolute atomic E-state index is 0.00964. The van der Waals surface area contributed by atoms with Crippen LogP contribution in [0.1, 0.15) is 48.5 Å². The Bertz CT molecular complexity index is 490. The highest BCUT2D eigenvalue weighted by atomic mass is 32.2. The van der Waals surface area contributed by atoms with E-state index in [2.05, 4.69) is 60.4 Å². The number of allylic oxidation sites excluding steroid dienone is 1. The molecule has 2 aliphatic rings. The summed E-state index contributed by atoms with van der Waals surface area (Å²) in [6.45, 7) is 20.5. The maximum atomic E-state index is 12.0. The highest BCUT2D eigenvalue weighted by molar-refractivity contribution is 8.00. The van der Waals surface area contributed by atoms with Crippen molar-refractivity contribution in [2.24, 2.45) is 16.2 Å². The number of fused-ring (bicyclic) bond motifs is 1. The van der Waals surface area contributed by atoms with Gasteiger partial charge in [-0.3, -0.25) is 0 Å². The van der Waals surface area contributed by atoms with Crippen molar-refractivity contribution in [3.63, 3.8) is 0 Å². The summed E-state index contributed by atoms with van der Waals surface area (Å²) in [5.41, 5.74) is 1.40. The summed E-state index contributed by atoms with van der Waals surface area (Å²) < 4.78 is 0. The third-order valence-corrected chi connectivity index (χ3v) is 8.01.